The molecule has 0 saturated heterocycles. The smallest absolute Gasteiger partial charge is 0.122 e. The molecule has 0 spiro atoms. The monoisotopic (exact) mass is 362 g/mol. The zero-order chi connectivity index (χ0) is 19.1. The highest BCUT2D eigenvalue weighted by Gasteiger charge is 2.07. The number of ether oxygens (including phenoxy) is 2. The van der Waals surface area contributed by atoms with E-state index >= 15 is 0 Å². The molecule has 0 atom stereocenters. The number of hydrogen-bond acceptors (Lipinski definition) is 3. The van der Waals surface area contributed by atoms with E-state index in [2.05, 4.69) is 56.3 Å². The van der Waals surface area contributed by atoms with Gasteiger partial charge in [0.25, 0.3) is 0 Å². The molecule has 0 amide bonds. The molecule has 3 heteroatoms. The topological polar surface area (TPSA) is 38.7 Å². The van der Waals surface area contributed by atoms with Crippen LogP contribution in [0.1, 0.15) is 24.5 Å². The van der Waals surface area contributed by atoms with Crippen LogP contribution in [-0.2, 0) is 6.42 Å². The molecule has 3 aromatic carbocycles. The van der Waals surface area contributed by atoms with E-state index in [1.54, 1.807) is 24.3 Å². The molecule has 0 unspecified atom stereocenters. The summed E-state index contributed by atoms with van der Waals surface area (Å²) in [5, 5.41) is 9.30. The number of aryl methyl sites for hydroxylation is 2. The fourth-order valence-corrected chi connectivity index (χ4v) is 2.96. The normalized spacial score (nSPS) is 10.6. The van der Waals surface area contributed by atoms with Gasteiger partial charge in [0.2, 0.25) is 0 Å². The Balaban J connectivity index is 1.63. The van der Waals surface area contributed by atoms with Gasteiger partial charge in [-0.15, -0.1) is 0 Å². The summed E-state index contributed by atoms with van der Waals surface area (Å²) in [4.78, 5) is 0. The van der Waals surface area contributed by atoms with E-state index in [0.29, 0.717) is 13.2 Å². The molecule has 3 rings (SSSR count). The molecule has 0 fully saturated rings. The maximum atomic E-state index is 9.30. The molecule has 1 N–H and O–H groups in total. The lowest BCUT2D eigenvalue weighted by molar-refractivity contribution is 0.216. The number of phenols is 1. The van der Waals surface area contributed by atoms with Crippen LogP contribution in [0, 0.1) is 6.92 Å². The first-order valence-corrected chi connectivity index (χ1v) is 9.40. The molecular formula is C24H26O3. The summed E-state index contributed by atoms with van der Waals surface area (Å²) >= 11 is 0. The van der Waals surface area contributed by atoms with Gasteiger partial charge < -0.3 is 14.6 Å². The minimum Gasteiger partial charge on any atom is -0.508 e. The molecule has 0 bridgehead atoms. The Bertz CT molecular complexity index is 852. The maximum absolute atomic E-state index is 9.30. The van der Waals surface area contributed by atoms with E-state index in [-0.39, 0.29) is 5.75 Å². The van der Waals surface area contributed by atoms with Crippen molar-refractivity contribution in [3.63, 3.8) is 0 Å². The standard InChI is InChI=1S/C24H26O3/c1-3-4-21-17-20(19-7-5-18(2)6-8-19)9-14-24(21)27-16-15-26-23-12-10-22(25)11-13-23/h5-14,17,25H,3-4,15-16H2,1-2H3. The molecule has 140 valence electrons. The van der Waals surface area contributed by atoms with Gasteiger partial charge in [-0.1, -0.05) is 49.2 Å². The van der Waals surface area contributed by atoms with E-state index < -0.39 is 0 Å². The van der Waals surface area contributed by atoms with E-state index in [0.717, 1.165) is 24.3 Å². The van der Waals surface area contributed by atoms with Crippen molar-refractivity contribution in [2.45, 2.75) is 26.7 Å². The highest BCUT2D eigenvalue weighted by Crippen LogP contribution is 2.28. The Morgan fingerprint density at radius 1 is 0.778 bits per heavy atom. The minimum atomic E-state index is 0.233. The Labute approximate surface area is 161 Å². The number of hydrogen-bond donors (Lipinski definition) is 1. The van der Waals surface area contributed by atoms with Gasteiger partial charge in [0.05, 0.1) is 0 Å². The molecule has 0 aliphatic rings. The van der Waals surface area contributed by atoms with Gasteiger partial charge in [-0.05, 0) is 66.4 Å². The third-order valence-corrected chi connectivity index (χ3v) is 4.41. The second-order valence-electron chi connectivity index (χ2n) is 6.63. The van der Waals surface area contributed by atoms with Crippen molar-refractivity contribution in [3.05, 3.63) is 77.9 Å². The van der Waals surface area contributed by atoms with Crippen LogP contribution < -0.4 is 9.47 Å². The summed E-state index contributed by atoms with van der Waals surface area (Å²) in [6.07, 6.45) is 2.05. The van der Waals surface area contributed by atoms with Crippen molar-refractivity contribution in [1.29, 1.82) is 0 Å². The van der Waals surface area contributed by atoms with Crippen LogP contribution in [0.15, 0.2) is 66.7 Å². The van der Waals surface area contributed by atoms with Crippen molar-refractivity contribution in [2.75, 3.05) is 13.2 Å². The summed E-state index contributed by atoms with van der Waals surface area (Å²) in [7, 11) is 0. The fourth-order valence-electron chi connectivity index (χ4n) is 2.96. The van der Waals surface area contributed by atoms with Crippen LogP contribution in [0.5, 0.6) is 17.2 Å². The lowest BCUT2D eigenvalue weighted by Crippen LogP contribution is -2.10. The molecule has 0 aliphatic heterocycles. The summed E-state index contributed by atoms with van der Waals surface area (Å²) in [5.41, 5.74) is 4.92. The van der Waals surface area contributed by atoms with Crippen LogP contribution in [0.3, 0.4) is 0 Å². The average molecular weight is 362 g/mol. The lowest BCUT2D eigenvalue weighted by atomic mass is 9.99. The highest BCUT2D eigenvalue weighted by atomic mass is 16.5. The Morgan fingerprint density at radius 2 is 1.44 bits per heavy atom. The maximum Gasteiger partial charge on any atom is 0.122 e. The molecular weight excluding hydrogens is 336 g/mol. The average Bonchev–Trinajstić information content (AvgIpc) is 2.68. The van der Waals surface area contributed by atoms with Crippen molar-refractivity contribution >= 4 is 0 Å². The third kappa shape index (κ3) is 5.27. The van der Waals surface area contributed by atoms with Crippen molar-refractivity contribution in [3.8, 4) is 28.4 Å². The molecule has 3 aromatic rings. The second kappa shape index (κ2) is 9.13. The third-order valence-electron chi connectivity index (χ3n) is 4.41. The van der Waals surface area contributed by atoms with Crippen LogP contribution in [0.4, 0.5) is 0 Å². The highest BCUT2D eigenvalue weighted by molar-refractivity contribution is 5.66. The molecule has 0 radical (unpaired) electrons. The predicted molar refractivity (Wildman–Crippen MR) is 110 cm³/mol. The molecule has 0 aliphatic carbocycles. The van der Waals surface area contributed by atoms with Crippen LogP contribution in [0.25, 0.3) is 11.1 Å². The summed E-state index contributed by atoms with van der Waals surface area (Å²) in [6, 6.07) is 21.7. The van der Waals surface area contributed by atoms with Crippen LogP contribution >= 0.6 is 0 Å². The molecule has 0 heterocycles. The van der Waals surface area contributed by atoms with Crippen molar-refractivity contribution in [2.24, 2.45) is 0 Å². The Morgan fingerprint density at radius 3 is 2.15 bits per heavy atom. The van der Waals surface area contributed by atoms with Crippen LogP contribution in [-0.4, -0.2) is 18.3 Å². The fraction of sp³-hybridized carbons (Fsp3) is 0.250. The Kier molecular flexibility index (Phi) is 6.37. The second-order valence-corrected chi connectivity index (χ2v) is 6.63. The van der Waals surface area contributed by atoms with Gasteiger partial charge >= 0.3 is 0 Å². The van der Waals surface area contributed by atoms with Crippen molar-refractivity contribution in [1.82, 2.24) is 0 Å². The molecule has 27 heavy (non-hydrogen) atoms. The number of benzene rings is 3. The SMILES string of the molecule is CCCc1cc(-c2ccc(C)cc2)ccc1OCCOc1ccc(O)cc1. The predicted octanol–water partition coefficient (Wildman–Crippen LogP) is 5.78. The van der Waals surface area contributed by atoms with Gasteiger partial charge in [-0.25, -0.2) is 0 Å². The van der Waals surface area contributed by atoms with E-state index in [9.17, 15) is 5.11 Å². The summed E-state index contributed by atoms with van der Waals surface area (Å²) in [5.74, 6) is 1.87. The first kappa shape index (κ1) is 18.8. The number of phenolic OH excluding ortho intramolecular Hbond substituents is 1. The first-order valence-electron chi connectivity index (χ1n) is 9.40. The van der Waals surface area contributed by atoms with Gasteiger partial charge in [-0.3, -0.25) is 0 Å². The van der Waals surface area contributed by atoms with Crippen molar-refractivity contribution < 1.29 is 14.6 Å². The van der Waals surface area contributed by atoms with Gasteiger partial charge in [0.1, 0.15) is 30.5 Å². The largest absolute Gasteiger partial charge is 0.508 e. The number of rotatable bonds is 8. The zero-order valence-corrected chi connectivity index (χ0v) is 15.9. The van der Waals surface area contributed by atoms with Gasteiger partial charge in [-0.2, -0.15) is 0 Å². The van der Waals surface area contributed by atoms with E-state index in [1.165, 1.54) is 22.3 Å². The quantitative estimate of drug-likeness (QED) is 0.516. The summed E-state index contributed by atoms with van der Waals surface area (Å²) < 4.78 is 11.6. The molecule has 0 aromatic heterocycles. The van der Waals surface area contributed by atoms with E-state index in [4.69, 9.17) is 9.47 Å². The lowest BCUT2D eigenvalue weighted by Gasteiger charge is -2.14. The molecule has 3 nitrogen and oxygen atoms in total. The van der Waals surface area contributed by atoms with E-state index in [1.807, 2.05) is 0 Å². The molecule has 0 saturated carbocycles. The zero-order valence-electron chi connectivity index (χ0n) is 15.9. The number of aromatic hydroxyl groups is 1. The Hall–Kier alpha value is -2.94. The first-order chi connectivity index (χ1) is 13.2. The minimum absolute atomic E-state index is 0.233. The van der Waals surface area contributed by atoms with Crippen LogP contribution in [0.2, 0.25) is 0 Å². The summed E-state index contributed by atoms with van der Waals surface area (Å²) in [6.45, 7) is 5.21. The van der Waals surface area contributed by atoms with Gasteiger partial charge in [0.15, 0.2) is 0 Å². The van der Waals surface area contributed by atoms with Gasteiger partial charge in [0, 0.05) is 0 Å².